The number of likely N-dealkylation sites (tertiary alicyclic amines) is 1. The van der Waals surface area contributed by atoms with Crippen molar-refractivity contribution < 1.29 is 19.4 Å². The highest BCUT2D eigenvalue weighted by Crippen LogP contribution is 2.22. The SMILES string of the molecule is C/C=C/CC1CCCN(C(=O)c2ccc(OCC(=O)O)cc2)C1. The standard InChI is InChI=1S/C18H23NO4/c1-2-3-5-14-6-4-11-19(12-14)18(22)15-7-9-16(10-8-15)23-13-17(20)21/h2-3,7-10,14H,4-6,11-13H2,1H3,(H,20,21)/b3-2+. The number of carboxylic acids is 1. The third kappa shape index (κ3) is 5.13. The Hall–Kier alpha value is -2.30. The number of rotatable bonds is 6. The molecule has 0 aliphatic carbocycles. The van der Waals surface area contributed by atoms with Crippen molar-refractivity contribution in [2.75, 3.05) is 19.7 Å². The first kappa shape index (κ1) is 17.1. The number of carbonyl (C=O) groups is 2. The number of amides is 1. The summed E-state index contributed by atoms with van der Waals surface area (Å²) < 4.78 is 5.08. The fraction of sp³-hybridized carbons (Fsp3) is 0.444. The third-order valence-electron chi connectivity index (χ3n) is 3.97. The van der Waals surface area contributed by atoms with Gasteiger partial charge in [-0.05, 0) is 56.4 Å². The highest BCUT2D eigenvalue weighted by molar-refractivity contribution is 5.94. The fourth-order valence-corrected chi connectivity index (χ4v) is 2.79. The number of piperidine rings is 1. The second kappa shape index (κ2) is 8.36. The lowest BCUT2D eigenvalue weighted by Gasteiger charge is -2.32. The van der Waals surface area contributed by atoms with Gasteiger partial charge >= 0.3 is 5.97 Å². The number of carboxylic acid groups (broad SMARTS) is 1. The third-order valence-corrected chi connectivity index (χ3v) is 3.97. The van der Waals surface area contributed by atoms with Crippen molar-refractivity contribution in [3.8, 4) is 5.75 Å². The second-order valence-corrected chi connectivity index (χ2v) is 5.77. The van der Waals surface area contributed by atoms with Crippen LogP contribution in [0.2, 0.25) is 0 Å². The molecule has 0 saturated carbocycles. The van der Waals surface area contributed by atoms with E-state index in [9.17, 15) is 9.59 Å². The highest BCUT2D eigenvalue weighted by Gasteiger charge is 2.23. The Labute approximate surface area is 136 Å². The summed E-state index contributed by atoms with van der Waals surface area (Å²) in [6.07, 6.45) is 7.43. The predicted molar refractivity (Wildman–Crippen MR) is 87.6 cm³/mol. The molecular weight excluding hydrogens is 294 g/mol. The van der Waals surface area contributed by atoms with Crippen molar-refractivity contribution >= 4 is 11.9 Å². The van der Waals surface area contributed by atoms with Gasteiger partial charge in [-0.2, -0.15) is 0 Å². The summed E-state index contributed by atoms with van der Waals surface area (Å²) >= 11 is 0. The average molecular weight is 317 g/mol. The summed E-state index contributed by atoms with van der Waals surface area (Å²) in [5.41, 5.74) is 0.611. The van der Waals surface area contributed by atoms with Crippen LogP contribution in [0.15, 0.2) is 36.4 Å². The molecule has 2 rings (SSSR count). The van der Waals surface area contributed by atoms with Crippen LogP contribution in [-0.4, -0.2) is 41.6 Å². The van der Waals surface area contributed by atoms with Crippen LogP contribution in [-0.2, 0) is 4.79 Å². The minimum absolute atomic E-state index is 0.0277. The molecule has 1 heterocycles. The maximum Gasteiger partial charge on any atom is 0.341 e. The van der Waals surface area contributed by atoms with Crippen molar-refractivity contribution in [3.05, 3.63) is 42.0 Å². The summed E-state index contributed by atoms with van der Waals surface area (Å²) in [6, 6.07) is 6.65. The van der Waals surface area contributed by atoms with E-state index in [0.717, 1.165) is 32.4 Å². The Morgan fingerprint density at radius 1 is 1.35 bits per heavy atom. The molecule has 1 aliphatic heterocycles. The molecule has 1 aliphatic rings. The molecular formula is C18H23NO4. The average Bonchev–Trinajstić information content (AvgIpc) is 2.58. The van der Waals surface area contributed by atoms with Crippen molar-refractivity contribution in [1.82, 2.24) is 4.90 Å². The minimum atomic E-state index is -1.02. The quantitative estimate of drug-likeness (QED) is 0.819. The van der Waals surface area contributed by atoms with Gasteiger partial charge in [0.2, 0.25) is 0 Å². The number of aliphatic carboxylic acids is 1. The lowest BCUT2D eigenvalue weighted by molar-refractivity contribution is -0.139. The lowest BCUT2D eigenvalue weighted by Crippen LogP contribution is -2.39. The summed E-state index contributed by atoms with van der Waals surface area (Å²) in [4.78, 5) is 24.9. The summed E-state index contributed by atoms with van der Waals surface area (Å²) in [5, 5.41) is 8.58. The minimum Gasteiger partial charge on any atom is -0.482 e. The number of benzene rings is 1. The molecule has 0 radical (unpaired) electrons. The van der Waals surface area contributed by atoms with E-state index in [1.165, 1.54) is 0 Å². The van der Waals surface area contributed by atoms with Crippen LogP contribution in [0.25, 0.3) is 0 Å². The number of allylic oxidation sites excluding steroid dienone is 2. The van der Waals surface area contributed by atoms with Crippen LogP contribution in [0, 0.1) is 5.92 Å². The Morgan fingerprint density at radius 3 is 2.74 bits per heavy atom. The first-order valence-electron chi connectivity index (χ1n) is 7.95. The molecule has 1 aromatic rings. The molecule has 1 N–H and O–H groups in total. The van der Waals surface area contributed by atoms with Crippen LogP contribution >= 0.6 is 0 Å². The molecule has 1 aromatic carbocycles. The monoisotopic (exact) mass is 317 g/mol. The van der Waals surface area contributed by atoms with E-state index in [4.69, 9.17) is 9.84 Å². The van der Waals surface area contributed by atoms with Crippen LogP contribution in [0.4, 0.5) is 0 Å². The predicted octanol–water partition coefficient (Wildman–Crippen LogP) is 2.97. The van der Waals surface area contributed by atoms with Crippen molar-refractivity contribution in [3.63, 3.8) is 0 Å². The Bertz CT molecular complexity index is 565. The largest absolute Gasteiger partial charge is 0.482 e. The molecule has 1 atom stereocenters. The molecule has 0 bridgehead atoms. The molecule has 1 unspecified atom stereocenters. The molecule has 0 spiro atoms. The second-order valence-electron chi connectivity index (χ2n) is 5.77. The van der Waals surface area contributed by atoms with Gasteiger partial charge in [0.1, 0.15) is 5.75 Å². The maximum absolute atomic E-state index is 12.6. The fourth-order valence-electron chi connectivity index (χ4n) is 2.79. The first-order valence-corrected chi connectivity index (χ1v) is 7.95. The molecule has 1 saturated heterocycles. The van der Waals surface area contributed by atoms with Crippen LogP contribution in [0.5, 0.6) is 5.75 Å². The smallest absolute Gasteiger partial charge is 0.341 e. The molecule has 1 fully saturated rings. The summed E-state index contributed by atoms with van der Waals surface area (Å²) in [7, 11) is 0. The van der Waals surface area contributed by atoms with Gasteiger partial charge in [0.25, 0.3) is 5.91 Å². The van der Waals surface area contributed by atoms with Gasteiger partial charge in [-0.1, -0.05) is 12.2 Å². The Balaban J connectivity index is 1.95. The number of hydrogen-bond acceptors (Lipinski definition) is 3. The van der Waals surface area contributed by atoms with Gasteiger partial charge in [-0.3, -0.25) is 4.79 Å². The van der Waals surface area contributed by atoms with E-state index in [-0.39, 0.29) is 12.5 Å². The first-order chi connectivity index (χ1) is 11.1. The molecule has 5 heteroatoms. The van der Waals surface area contributed by atoms with E-state index in [1.54, 1.807) is 24.3 Å². The molecule has 0 aromatic heterocycles. The summed E-state index contributed by atoms with van der Waals surface area (Å²) in [5.74, 6) is -0.0128. The van der Waals surface area contributed by atoms with Gasteiger partial charge in [0.05, 0.1) is 0 Å². The Morgan fingerprint density at radius 2 is 2.09 bits per heavy atom. The van der Waals surface area contributed by atoms with Crippen molar-refractivity contribution in [2.45, 2.75) is 26.2 Å². The zero-order chi connectivity index (χ0) is 16.7. The Kier molecular flexibility index (Phi) is 6.20. The zero-order valence-electron chi connectivity index (χ0n) is 13.4. The van der Waals surface area contributed by atoms with E-state index >= 15 is 0 Å². The van der Waals surface area contributed by atoms with Gasteiger partial charge in [0, 0.05) is 18.7 Å². The number of ether oxygens (including phenoxy) is 1. The van der Waals surface area contributed by atoms with Crippen LogP contribution in [0.3, 0.4) is 0 Å². The van der Waals surface area contributed by atoms with Gasteiger partial charge in [-0.15, -0.1) is 0 Å². The van der Waals surface area contributed by atoms with Gasteiger partial charge < -0.3 is 14.7 Å². The maximum atomic E-state index is 12.6. The van der Waals surface area contributed by atoms with Crippen molar-refractivity contribution in [2.24, 2.45) is 5.92 Å². The lowest BCUT2D eigenvalue weighted by atomic mass is 9.94. The normalized spacial score (nSPS) is 18.1. The topological polar surface area (TPSA) is 66.8 Å². The van der Waals surface area contributed by atoms with E-state index in [0.29, 0.717) is 17.2 Å². The van der Waals surface area contributed by atoms with E-state index in [2.05, 4.69) is 12.2 Å². The number of carbonyl (C=O) groups excluding carboxylic acids is 1. The van der Waals surface area contributed by atoms with Gasteiger partial charge in [0.15, 0.2) is 6.61 Å². The molecule has 124 valence electrons. The zero-order valence-corrected chi connectivity index (χ0v) is 13.4. The van der Waals surface area contributed by atoms with Crippen LogP contribution < -0.4 is 4.74 Å². The van der Waals surface area contributed by atoms with Crippen molar-refractivity contribution in [1.29, 1.82) is 0 Å². The molecule has 5 nitrogen and oxygen atoms in total. The highest BCUT2D eigenvalue weighted by atomic mass is 16.5. The summed E-state index contributed by atoms with van der Waals surface area (Å²) in [6.45, 7) is 3.22. The molecule has 23 heavy (non-hydrogen) atoms. The van der Waals surface area contributed by atoms with Gasteiger partial charge in [-0.25, -0.2) is 4.79 Å². The molecule has 1 amide bonds. The number of hydrogen-bond donors (Lipinski definition) is 1. The van der Waals surface area contributed by atoms with E-state index in [1.807, 2.05) is 11.8 Å². The number of nitrogens with zero attached hydrogens (tertiary/aromatic N) is 1. The van der Waals surface area contributed by atoms with E-state index < -0.39 is 5.97 Å². The van der Waals surface area contributed by atoms with Crippen LogP contribution in [0.1, 0.15) is 36.5 Å².